The van der Waals surface area contributed by atoms with Crippen molar-refractivity contribution in [2.24, 2.45) is 0 Å². The lowest BCUT2D eigenvalue weighted by Crippen LogP contribution is -2.48. The van der Waals surface area contributed by atoms with Crippen molar-refractivity contribution in [2.75, 3.05) is 36.8 Å². The van der Waals surface area contributed by atoms with Gasteiger partial charge in [0.1, 0.15) is 0 Å². The van der Waals surface area contributed by atoms with Crippen LogP contribution in [0.15, 0.2) is 48.5 Å². The van der Waals surface area contributed by atoms with Crippen molar-refractivity contribution in [1.29, 1.82) is 0 Å². The smallest absolute Gasteiger partial charge is 0.254 e. The minimum Gasteiger partial charge on any atom is -0.399 e. The molecule has 2 aromatic carbocycles. The first kappa shape index (κ1) is 14.7. The highest BCUT2D eigenvalue weighted by Crippen LogP contribution is 2.19. The number of amides is 1. The van der Waals surface area contributed by atoms with E-state index in [-0.39, 0.29) is 5.91 Å². The third kappa shape index (κ3) is 3.17. The fraction of sp³-hybridized carbons (Fsp3) is 0.235. The van der Waals surface area contributed by atoms with E-state index in [0.717, 1.165) is 24.5 Å². The van der Waals surface area contributed by atoms with Gasteiger partial charge < -0.3 is 15.5 Å². The van der Waals surface area contributed by atoms with Gasteiger partial charge in [0.15, 0.2) is 0 Å². The summed E-state index contributed by atoms with van der Waals surface area (Å²) in [6, 6.07) is 14.9. The molecule has 3 rings (SSSR count). The molecule has 22 heavy (non-hydrogen) atoms. The Morgan fingerprint density at radius 2 is 1.68 bits per heavy atom. The number of benzene rings is 2. The highest BCUT2D eigenvalue weighted by atomic mass is 35.5. The van der Waals surface area contributed by atoms with Crippen molar-refractivity contribution >= 4 is 28.9 Å². The van der Waals surface area contributed by atoms with E-state index in [9.17, 15) is 4.79 Å². The number of hydrogen-bond donors (Lipinski definition) is 1. The van der Waals surface area contributed by atoms with Crippen molar-refractivity contribution in [3.63, 3.8) is 0 Å². The lowest BCUT2D eigenvalue weighted by Gasteiger charge is -2.36. The molecule has 0 unspecified atom stereocenters. The summed E-state index contributed by atoms with van der Waals surface area (Å²) in [5.74, 6) is 0.0412. The number of halogens is 1. The fourth-order valence-corrected chi connectivity index (χ4v) is 2.85. The van der Waals surface area contributed by atoms with Crippen molar-refractivity contribution in [3.05, 3.63) is 59.1 Å². The first-order valence-corrected chi connectivity index (χ1v) is 7.66. The molecule has 0 aromatic heterocycles. The van der Waals surface area contributed by atoms with Crippen molar-refractivity contribution in [2.45, 2.75) is 0 Å². The maximum absolute atomic E-state index is 12.5. The van der Waals surface area contributed by atoms with Crippen molar-refractivity contribution in [1.82, 2.24) is 4.90 Å². The molecule has 1 heterocycles. The monoisotopic (exact) mass is 315 g/mol. The third-order valence-corrected chi connectivity index (χ3v) is 4.13. The van der Waals surface area contributed by atoms with Crippen LogP contribution < -0.4 is 10.6 Å². The second-order valence-electron chi connectivity index (χ2n) is 5.38. The number of carbonyl (C=O) groups is 1. The number of nitrogen functional groups attached to an aromatic ring is 1. The van der Waals surface area contributed by atoms with Gasteiger partial charge in [0, 0.05) is 48.1 Å². The van der Waals surface area contributed by atoms with Crippen LogP contribution in [0, 0.1) is 0 Å². The van der Waals surface area contributed by atoms with Crippen molar-refractivity contribution in [3.8, 4) is 0 Å². The normalized spacial score (nSPS) is 15.0. The zero-order chi connectivity index (χ0) is 15.5. The molecule has 0 aliphatic carbocycles. The molecule has 2 N–H and O–H groups in total. The lowest BCUT2D eigenvalue weighted by atomic mass is 10.1. The predicted molar refractivity (Wildman–Crippen MR) is 90.4 cm³/mol. The van der Waals surface area contributed by atoms with Crippen LogP contribution in [0.25, 0.3) is 0 Å². The SMILES string of the molecule is Nc1ccc(N2CCN(C(=O)c3cccc(Cl)c3)CC2)cc1. The van der Waals surface area contributed by atoms with Gasteiger partial charge in [0.05, 0.1) is 0 Å². The van der Waals surface area contributed by atoms with Gasteiger partial charge in [-0.25, -0.2) is 0 Å². The maximum atomic E-state index is 12.5. The lowest BCUT2D eigenvalue weighted by molar-refractivity contribution is 0.0747. The molecule has 1 aliphatic rings. The highest BCUT2D eigenvalue weighted by molar-refractivity contribution is 6.30. The van der Waals surface area contributed by atoms with Crippen LogP contribution in [0.5, 0.6) is 0 Å². The highest BCUT2D eigenvalue weighted by Gasteiger charge is 2.22. The van der Waals surface area contributed by atoms with Gasteiger partial charge in [-0.05, 0) is 42.5 Å². The topological polar surface area (TPSA) is 49.6 Å². The van der Waals surface area contributed by atoms with Gasteiger partial charge >= 0.3 is 0 Å². The number of rotatable bonds is 2. The second kappa shape index (κ2) is 6.28. The number of nitrogens with zero attached hydrogens (tertiary/aromatic N) is 2. The Balaban J connectivity index is 1.64. The zero-order valence-corrected chi connectivity index (χ0v) is 13.0. The molecule has 0 bridgehead atoms. The molecule has 0 radical (unpaired) electrons. The van der Waals surface area contributed by atoms with Crippen LogP contribution in [-0.4, -0.2) is 37.0 Å². The molecular formula is C17H18ClN3O. The minimum absolute atomic E-state index is 0.0412. The predicted octanol–water partition coefficient (Wildman–Crippen LogP) is 2.88. The van der Waals surface area contributed by atoms with E-state index in [1.54, 1.807) is 24.3 Å². The standard InChI is InChI=1S/C17H18ClN3O/c18-14-3-1-2-13(12-14)17(22)21-10-8-20(9-11-21)16-6-4-15(19)5-7-16/h1-7,12H,8-11,19H2. The molecule has 5 heteroatoms. The Bertz CT molecular complexity index is 664. The van der Waals surface area contributed by atoms with E-state index < -0.39 is 0 Å². The van der Waals surface area contributed by atoms with Gasteiger partial charge in [-0.1, -0.05) is 17.7 Å². The van der Waals surface area contributed by atoms with E-state index in [1.165, 1.54) is 0 Å². The summed E-state index contributed by atoms with van der Waals surface area (Å²) < 4.78 is 0. The maximum Gasteiger partial charge on any atom is 0.254 e. The molecule has 1 aliphatic heterocycles. The van der Waals surface area contributed by atoms with Gasteiger partial charge in [0.2, 0.25) is 0 Å². The number of anilines is 2. The number of carbonyl (C=O) groups excluding carboxylic acids is 1. The summed E-state index contributed by atoms with van der Waals surface area (Å²) in [4.78, 5) is 16.6. The summed E-state index contributed by atoms with van der Waals surface area (Å²) >= 11 is 5.95. The molecule has 114 valence electrons. The Morgan fingerprint density at radius 3 is 2.32 bits per heavy atom. The largest absolute Gasteiger partial charge is 0.399 e. The number of nitrogens with two attached hydrogens (primary N) is 1. The molecule has 1 amide bonds. The van der Waals surface area contributed by atoms with Crippen molar-refractivity contribution < 1.29 is 4.79 Å². The third-order valence-electron chi connectivity index (χ3n) is 3.90. The van der Waals surface area contributed by atoms with Crippen LogP contribution in [0.4, 0.5) is 11.4 Å². The first-order chi connectivity index (χ1) is 10.6. The molecule has 0 saturated carbocycles. The zero-order valence-electron chi connectivity index (χ0n) is 12.2. The van der Waals surface area contributed by atoms with Crippen LogP contribution in [0.2, 0.25) is 5.02 Å². The number of hydrogen-bond acceptors (Lipinski definition) is 3. The average Bonchev–Trinajstić information content (AvgIpc) is 2.55. The summed E-state index contributed by atoms with van der Waals surface area (Å²) in [6.07, 6.45) is 0. The van der Waals surface area contributed by atoms with E-state index in [4.69, 9.17) is 17.3 Å². The van der Waals surface area contributed by atoms with E-state index in [2.05, 4.69) is 4.90 Å². The van der Waals surface area contributed by atoms with Crippen LogP contribution in [0.1, 0.15) is 10.4 Å². The van der Waals surface area contributed by atoms with E-state index in [0.29, 0.717) is 23.7 Å². The second-order valence-corrected chi connectivity index (χ2v) is 5.82. The molecule has 1 saturated heterocycles. The van der Waals surface area contributed by atoms with Crippen LogP contribution >= 0.6 is 11.6 Å². The van der Waals surface area contributed by atoms with E-state index >= 15 is 0 Å². The van der Waals surface area contributed by atoms with Gasteiger partial charge in [-0.3, -0.25) is 4.79 Å². The van der Waals surface area contributed by atoms with Gasteiger partial charge in [-0.15, -0.1) is 0 Å². The Labute approximate surface area is 135 Å². The molecule has 0 spiro atoms. The molecule has 1 fully saturated rings. The Kier molecular flexibility index (Phi) is 4.20. The molecule has 2 aromatic rings. The van der Waals surface area contributed by atoms with E-state index in [1.807, 2.05) is 29.2 Å². The molecule has 4 nitrogen and oxygen atoms in total. The molecule has 0 atom stereocenters. The Morgan fingerprint density at radius 1 is 1.00 bits per heavy atom. The fourth-order valence-electron chi connectivity index (χ4n) is 2.66. The summed E-state index contributed by atoms with van der Waals surface area (Å²) in [7, 11) is 0. The number of piperazine rings is 1. The Hall–Kier alpha value is -2.20. The van der Waals surface area contributed by atoms with Crippen LogP contribution in [0.3, 0.4) is 0 Å². The average molecular weight is 316 g/mol. The minimum atomic E-state index is 0.0412. The van der Waals surface area contributed by atoms with Gasteiger partial charge in [-0.2, -0.15) is 0 Å². The summed E-state index contributed by atoms with van der Waals surface area (Å²) in [5, 5.41) is 0.589. The van der Waals surface area contributed by atoms with Gasteiger partial charge in [0.25, 0.3) is 5.91 Å². The first-order valence-electron chi connectivity index (χ1n) is 7.29. The quantitative estimate of drug-likeness (QED) is 0.867. The summed E-state index contributed by atoms with van der Waals surface area (Å²) in [6.45, 7) is 3.04. The summed E-state index contributed by atoms with van der Waals surface area (Å²) in [5.41, 5.74) is 8.26. The van der Waals surface area contributed by atoms with Crippen LogP contribution in [-0.2, 0) is 0 Å². The molecular weight excluding hydrogens is 298 g/mol.